The molecule has 29 heteroatoms. The number of aromatic amines is 1. The minimum absolute atomic E-state index is 0.136. The molecule has 9 amide bonds. The molecule has 0 spiro atoms. The number of aromatic nitrogens is 2. The maximum atomic E-state index is 13.9. The Morgan fingerprint density at radius 1 is 0.653 bits per heavy atom. The van der Waals surface area contributed by atoms with Crippen molar-refractivity contribution in [1.29, 1.82) is 0 Å². The van der Waals surface area contributed by atoms with Crippen molar-refractivity contribution in [2.24, 2.45) is 17.4 Å². The van der Waals surface area contributed by atoms with Crippen molar-refractivity contribution in [2.45, 2.75) is 127 Å². The van der Waals surface area contributed by atoms with Crippen LogP contribution in [0.1, 0.15) is 64.6 Å². The van der Waals surface area contributed by atoms with Crippen molar-refractivity contribution in [1.82, 2.24) is 52.5 Å². The topological polar surface area (TPSA) is 486 Å². The third-order valence-corrected chi connectivity index (χ3v) is 10.4. The molecule has 0 unspecified atom stereocenters. The van der Waals surface area contributed by atoms with E-state index in [1.165, 1.54) is 36.8 Å². The first kappa shape index (κ1) is 60.4. The number of phenolic OH excluding ortho intramolecular Hbond substituents is 1. The van der Waals surface area contributed by atoms with Gasteiger partial charge in [-0.3, -0.25) is 47.9 Å². The Labute approximate surface area is 411 Å². The van der Waals surface area contributed by atoms with Crippen molar-refractivity contribution in [3.63, 3.8) is 0 Å². The highest BCUT2D eigenvalue weighted by molar-refractivity contribution is 5.98. The number of aliphatic hydroxyl groups is 3. The number of aliphatic hydroxyl groups excluding tert-OH is 3. The second kappa shape index (κ2) is 29.4. The molecule has 0 aliphatic rings. The molecule has 0 saturated carbocycles. The molecule has 0 fully saturated rings. The van der Waals surface area contributed by atoms with Gasteiger partial charge < -0.3 is 89.6 Å². The van der Waals surface area contributed by atoms with E-state index in [2.05, 4.69) is 47.2 Å². The van der Waals surface area contributed by atoms with Crippen molar-refractivity contribution < 1.29 is 83.4 Å². The number of hydrogen-bond acceptors (Lipinski definition) is 17. The van der Waals surface area contributed by atoms with Crippen LogP contribution in [0, 0.1) is 5.92 Å². The van der Waals surface area contributed by atoms with Crippen molar-refractivity contribution in [3.8, 4) is 5.75 Å². The van der Waals surface area contributed by atoms with E-state index in [1.807, 2.05) is 5.32 Å². The van der Waals surface area contributed by atoms with E-state index >= 15 is 0 Å². The maximum absolute atomic E-state index is 13.9. The summed E-state index contributed by atoms with van der Waals surface area (Å²) in [5.74, 6) is -13.1. The minimum Gasteiger partial charge on any atom is -0.508 e. The number of rotatable bonds is 31. The fraction of sp³-hybridized carbons (Fsp3) is 0.535. The van der Waals surface area contributed by atoms with Crippen molar-refractivity contribution >= 4 is 65.1 Å². The van der Waals surface area contributed by atoms with Gasteiger partial charge in [-0.25, -0.2) is 9.78 Å². The first-order valence-electron chi connectivity index (χ1n) is 22.3. The second-order valence-electron chi connectivity index (χ2n) is 17.0. The number of carbonyl (C=O) groups excluding carboxylic acids is 9. The third-order valence-electron chi connectivity index (χ3n) is 10.4. The van der Waals surface area contributed by atoms with E-state index in [1.54, 1.807) is 13.8 Å². The molecule has 0 aliphatic carbocycles. The van der Waals surface area contributed by atoms with E-state index in [9.17, 15) is 83.4 Å². The number of carbonyl (C=O) groups is 11. The standard InChI is InChI=1S/C43H64N12O17/c1-19(2)11-27(39(67)53-30(17-56)41(69)52-28(12-22-5-7-24(59)8-6-22)37(65)47-16-32(61)54-35(21(4)58)43(71)72)51-38(66)26(9-10-33(62)63)49-42(70)34(20(3)57)55-40(68)29(13-23-15-46-18-48-23)50-36(64)25(44)14-31(45)60/h5-8,15,18-21,25-30,34-35,56-59H,9-14,16-17,44H2,1-4H3,(H2,45,60)(H,46,48)(H,47,65)(H,49,70)(H,50,64)(H,51,66)(H,52,69)(H,53,67)(H,54,61)(H,55,68)(H,62,63)(H,71,72)/t20-,21-,25+,26+,27+,28+,29+,30+,34+,35+/m1/s1. The Morgan fingerprint density at radius 2 is 1.18 bits per heavy atom. The number of nitrogens with zero attached hydrogens (tertiary/aromatic N) is 1. The molecule has 29 nitrogen and oxygen atoms in total. The van der Waals surface area contributed by atoms with Gasteiger partial charge in [0, 0.05) is 31.2 Å². The van der Waals surface area contributed by atoms with Gasteiger partial charge in [0.15, 0.2) is 6.04 Å². The molecule has 0 radical (unpaired) electrons. The molecule has 1 heterocycles. The molecule has 1 aromatic carbocycles. The Hall–Kier alpha value is -7.76. The van der Waals surface area contributed by atoms with Crippen LogP contribution < -0.4 is 54.0 Å². The Bertz CT molecular complexity index is 2210. The van der Waals surface area contributed by atoms with Crippen LogP contribution >= 0.6 is 0 Å². The van der Waals surface area contributed by atoms with Crippen LogP contribution in [0.15, 0.2) is 36.8 Å². The van der Waals surface area contributed by atoms with Gasteiger partial charge in [0.05, 0.1) is 44.1 Å². The lowest BCUT2D eigenvalue weighted by molar-refractivity contribution is -0.144. The number of aliphatic carboxylic acids is 2. The minimum atomic E-state index is -1.87. The van der Waals surface area contributed by atoms with E-state index < -0.39 is 158 Å². The van der Waals surface area contributed by atoms with Crippen molar-refractivity contribution in [2.75, 3.05) is 13.2 Å². The SMILES string of the molecule is CC(C)C[C@H](NC(=O)[C@H](CCC(=O)O)NC(=O)[C@@H](NC(=O)[C@H](Cc1cnc[nH]1)NC(=O)[C@@H](N)CC(N)=O)[C@@H](C)O)C(=O)N[C@@H](CO)C(=O)N[C@@H](Cc1ccc(O)cc1)C(=O)NCC(=O)N[C@H](C(=O)O)[C@@H](C)O. The number of primary amides is 1. The zero-order chi connectivity index (χ0) is 54.4. The Balaban J connectivity index is 2.33. The lowest BCUT2D eigenvalue weighted by Crippen LogP contribution is -2.62. The molecule has 2 aromatic rings. The summed E-state index contributed by atoms with van der Waals surface area (Å²) in [5.41, 5.74) is 11.6. The largest absolute Gasteiger partial charge is 0.508 e. The van der Waals surface area contributed by atoms with Gasteiger partial charge in [-0.2, -0.15) is 0 Å². The highest BCUT2D eigenvalue weighted by Gasteiger charge is 2.36. The highest BCUT2D eigenvalue weighted by atomic mass is 16.4. The quantitative estimate of drug-likeness (QED) is 0.0334. The number of amides is 9. The van der Waals surface area contributed by atoms with E-state index in [0.29, 0.717) is 11.3 Å². The molecule has 10 atom stereocenters. The average Bonchev–Trinajstić information content (AvgIpc) is 3.81. The second-order valence-corrected chi connectivity index (χ2v) is 17.0. The highest BCUT2D eigenvalue weighted by Crippen LogP contribution is 2.13. The van der Waals surface area contributed by atoms with E-state index in [0.717, 1.165) is 13.8 Å². The van der Waals surface area contributed by atoms with Crippen LogP contribution in [-0.4, -0.2) is 179 Å². The Kier molecular flexibility index (Phi) is 24.7. The van der Waals surface area contributed by atoms with Crippen LogP contribution in [0.3, 0.4) is 0 Å². The number of phenols is 1. The normalized spacial score (nSPS) is 15.2. The zero-order valence-electron chi connectivity index (χ0n) is 39.7. The summed E-state index contributed by atoms with van der Waals surface area (Å²) in [6.45, 7) is 3.60. The first-order chi connectivity index (χ1) is 33.7. The number of hydrogen-bond donors (Lipinski definition) is 17. The lowest BCUT2D eigenvalue weighted by Gasteiger charge is -2.28. The molecule has 19 N–H and O–H groups in total. The van der Waals surface area contributed by atoms with Crippen molar-refractivity contribution in [3.05, 3.63) is 48.0 Å². The fourth-order valence-corrected chi connectivity index (χ4v) is 6.57. The molecule has 0 saturated heterocycles. The summed E-state index contributed by atoms with van der Waals surface area (Å²) in [5, 5.41) is 77.2. The monoisotopic (exact) mass is 1020 g/mol. The summed E-state index contributed by atoms with van der Waals surface area (Å²) >= 11 is 0. The molecule has 2 rings (SSSR count). The maximum Gasteiger partial charge on any atom is 0.328 e. The van der Waals surface area contributed by atoms with Gasteiger partial charge in [-0.05, 0) is 50.3 Å². The zero-order valence-corrected chi connectivity index (χ0v) is 39.7. The van der Waals surface area contributed by atoms with Gasteiger partial charge in [0.1, 0.15) is 42.0 Å². The fourth-order valence-electron chi connectivity index (χ4n) is 6.57. The molecule has 1 aromatic heterocycles. The summed E-state index contributed by atoms with van der Waals surface area (Å²) in [6.07, 6.45) is -3.23. The predicted octanol–water partition coefficient (Wildman–Crippen LogP) is -6.64. The smallest absolute Gasteiger partial charge is 0.328 e. The predicted molar refractivity (Wildman–Crippen MR) is 247 cm³/mol. The van der Waals surface area contributed by atoms with Gasteiger partial charge >= 0.3 is 11.9 Å². The Morgan fingerprint density at radius 3 is 1.71 bits per heavy atom. The van der Waals surface area contributed by atoms with E-state index in [4.69, 9.17) is 11.5 Å². The van der Waals surface area contributed by atoms with E-state index in [-0.39, 0.29) is 30.9 Å². The first-order valence-corrected chi connectivity index (χ1v) is 22.3. The number of aromatic hydroxyl groups is 1. The molecule has 0 bridgehead atoms. The summed E-state index contributed by atoms with van der Waals surface area (Å²) < 4.78 is 0. The number of benzene rings is 1. The number of H-pyrrole nitrogens is 1. The molecular weight excluding hydrogens is 957 g/mol. The molecule has 0 aliphatic heterocycles. The van der Waals surface area contributed by atoms with Crippen LogP contribution in [0.4, 0.5) is 0 Å². The van der Waals surface area contributed by atoms with Crippen LogP contribution in [0.5, 0.6) is 5.75 Å². The average molecular weight is 1020 g/mol. The summed E-state index contributed by atoms with van der Waals surface area (Å²) in [4.78, 5) is 148. The number of carboxylic acids is 2. The number of imidazole rings is 1. The number of nitrogens with two attached hydrogens (primary N) is 2. The molecule has 398 valence electrons. The van der Waals surface area contributed by atoms with Gasteiger partial charge in [0.2, 0.25) is 53.2 Å². The number of carboxylic acid groups (broad SMARTS) is 2. The molecule has 72 heavy (non-hydrogen) atoms. The van der Waals surface area contributed by atoms with Crippen LogP contribution in [0.25, 0.3) is 0 Å². The lowest BCUT2D eigenvalue weighted by atomic mass is 10.0. The van der Waals surface area contributed by atoms with Gasteiger partial charge in [-0.1, -0.05) is 26.0 Å². The summed E-state index contributed by atoms with van der Waals surface area (Å²) in [7, 11) is 0. The summed E-state index contributed by atoms with van der Waals surface area (Å²) in [6, 6.07) is -7.87. The van der Waals surface area contributed by atoms with Crippen LogP contribution in [0.2, 0.25) is 0 Å². The number of nitrogens with one attached hydrogen (secondary N) is 9. The van der Waals surface area contributed by atoms with Gasteiger partial charge in [-0.15, -0.1) is 0 Å². The van der Waals surface area contributed by atoms with Crippen LogP contribution in [-0.2, 0) is 65.6 Å². The third kappa shape index (κ3) is 21.1. The molecular formula is C43H64N12O17. The van der Waals surface area contributed by atoms with Gasteiger partial charge in [0.25, 0.3) is 0 Å².